The number of rotatable bonds is 2. The molecule has 4 rings (SSSR count). The minimum atomic E-state index is -0.426. The third-order valence-corrected chi connectivity index (χ3v) is 9.79. The molecule has 0 aliphatic heterocycles. The van der Waals surface area contributed by atoms with Gasteiger partial charge in [-0.3, -0.25) is 4.79 Å². The maximum atomic E-state index is 12.3. The molecule has 0 heterocycles. The highest BCUT2D eigenvalue weighted by molar-refractivity contribution is 5.82. The van der Waals surface area contributed by atoms with Crippen LogP contribution in [-0.4, -0.2) is 16.5 Å². The third-order valence-electron chi connectivity index (χ3n) is 9.79. The van der Waals surface area contributed by atoms with Crippen LogP contribution in [0.4, 0.5) is 0 Å². The van der Waals surface area contributed by atoms with Crippen molar-refractivity contribution in [1.29, 1.82) is 0 Å². The van der Waals surface area contributed by atoms with E-state index in [1.165, 1.54) is 32.1 Å². The number of carbonyl (C=O) groups is 1. The first-order valence-corrected chi connectivity index (χ1v) is 11.0. The van der Waals surface area contributed by atoms with E-state index in [-0.39, 0.29) is 11.3 Å². The molecular formula is C23H38O2. The van der Waals surface area contributed by atoms with E-state index in [4.69, 9.17) is 0 Å². The van der Waals surface area contributed by atoms with Crippen molar-refractivity contribution in [2.24, 2.45) is 40.4 Å². The molecule has 0 aromatic heterocycles. The summed E-state index contributed by atoms with van der Waals surface area (Å²) in [4.78, 5) is 12.3. The number of hydrogen-bond acceptors (Lipinski definition) is 2. The quantitative estimate of drug-likeness (QED) is 0.729. The summed E-state index contributed by atoms with van der Waals surface area (Å²) < 4.78 is 0. The Morgan fingerprint density at radius 2 is 1.80 bits per heavy atom. The molecule has 1 N–H and O–H groups in total. The zero-order chi connectivity index (χ0) is 18.0. The van der Waals surface area contributed by atoms with E-state index in [2.05, 4.69) is 27.7 Å². The SMILES string of the molecule is CCCC1(O)CCC2C3CCC4CC(=O)C(C)CC4(C)C3CCC21C. The highest BCUT2D eigenvalue weighted by Gasteiger charge is 2.64. The Bertz CT molecular complexity index is 556. The molecule has 4 aliphatic rings. The van der Waals surface area contributed by atoms with Crippen LogP contribution in [0.5, 0.6) is 0 Å². The van der Waals surface area contributed by atoms with Crippen molar-refractivity contribution in [3.63, 3.8) is 0 Å². The second-order valence-electron chi connectivity index (χ2n) is 10.7. The van der Waals surface area contributed by atoms with E-state index in [1.807, 2.05) is 0 Å². The van der Waals surface area contributed by atoms with Crippen LogP contribution in [0.25, 0.3) is 0 Å². The second kappa shape index (κ2) is 5.81. The topological polar surface area (TPSA) is 37.3 Å². The van der Waals surface area contributed by atoms with Gasteiger partial charge in [0.1, 0.15) is 5.78 Å². The average Bonchev–Trinajstić information content (AvgIpc) is 2.81. The van der Waals surface area contributed by atoms with E-state index in [9.17, 15) is 9.90 Å². The summed E-state index contributed by atoms with van der Waals surface area (Å²) in [7, 11) is 0. The molecule has 0 bridgehead atoms. The Balaban J connectivity index is 1.63. The highest BCUT2D eigenvalue weighted by atomic mass is 16.3. The zero-order valence-corrected chi connectivity index (χ0v) is 16.8. The monoisotopic (exact) mass is 346 g/mol. The predicted molar refractivity (Wildman–Crippen MR) is 101 cm³/mol. The van der Waals surface area contributed by atoms with Gasteiger partial charge in [0.2, 0.25) is 0 Å². The van der Waals surface area contributed by atoms with Gasteiger partial charge in [0.15, 0.2) is 0 Å². The smallest absolute Gasteiger partial charge is 0.136 e. The van der Waals surface area contributed by atoms with Crippen LogP contribution in [-0.2, 0) is 4.79 Å². The number of carbonyl (C=O) groups excluding carboxylic acids is 1. The molecule has 0 radical (unpaired) electrons. The summed E-state index contributed by atoms with van der Waals surface area (Å²) in [6.45, 7) is 9.31. The first-order chi connectivity index (χ1) is 11.7. The van der Waals surface area contributed by atoms with Gasteiger partial charge in [-0.2, -0.15) is 0 Å². The van der Waals surface area contributed by atoms with Crippen LogP contribution >= 0.6 is 0 Å². The Morgan fingerprint density at radius 3 is 2.52 bits per heavy atom. The molecule has 8 atom stereocenters. The van der Waals surface area contributed by atoms with Crippen molar-refractivity contribution in [2.75, 3.05) is 0 Å². The van der Waals surface area contributed by atoms with Crippen molar-refractivity contribution < 1.29 is 9.90 Å². The molecule has 0 spiro atoms. The molecule has 2 heteroatoms. The minimum absolute atomic E-state index is 0.128. The molecule has 142 valence electrons. The van der Waals surface area contributed by atoms with Gasteiger partial charge in [0, 0.05) is 12.3 Å². The van der Waals surface area contributed by atoms with Crippen molar-refractivity contribution in [3.05, 3.63) is 0 Å². The van der Waals surface area contributed by atoms with Gasteiger partial charge in [-0.15, -0.1) is 0 Å². The van der Waals surface area contributed by atoms with Gasteiger partial charge in [0.25, 0.3) is 0 Å². The highest BCUT2D eigenvalue weighted by Crippen LogP contribution is 2.68. The van der Waals surface area contributed by atoms with Crippen molar-refractivity contribution in [2.45, 2.75) is 97.5 Å². The average molecular weight is 347 g/mol. The van der Waals surface area contributed by atoms with E-state index in [0.717, 1.165) is 43.9 Å². The Hall–Kier alpha value is -0.370. The van der Waals surface area contributed by atoms with Crippen LogP contribution in [0.15, 0.2) is 0 Å². The standard InChI is InChI=1S/C23H38O2/c1-5-10-23(25)12-9-19-17-7-6-16-13-20(24)15(2)14-21(16,3)18(17)8-11-22(19,23)4/h15-19,25H,5-14H2,1-4H3. The molecule has 0 saturated heterocycles. The zero-order valence-electron chi connectivity index (χ0n) is 16.8. The second-order valence-corrected chi connectivity index (χ2v) is 10.7. The maximum absolute atomic E-state index is 12.3. The Kier molecular flexibility index (Phi) is 4.19. The largest absolute Gasteiger partial charge is 0.389 e. The molecule has 8 unspecified atom stereocenters. The molecule has 4 saturated carbocycles. The van der Waals surface area contributed by atoms with E-state index >= 15 is 0 Å². The number of fused-ring (bicyclic) bond motifs is 5. The van der Waals surface area contributed by atoms with E-state index in [0.29, 0.717) is 23.0 Å². The number of ketones is 1. The van der Waals surface area contributed by atoms with Gasteiger partial charge in [0.05, 0.1) is 5.60 Å². The van der Waals surface area contributed by atoms with Crippen LogP contribution in [0.2, 0.25) is 0 Å². The lowest BCUT2D eigenvalue weighted by atomic mass is 9.43. The van der Waals surface area contributed by atoms with Crippen molar-refractivity contribution in [3.8, 4) is 0 Å². The lowest BCUT2D eigenvalue weighted by Crippen LogP contribution is -2.57. The van der Waals surface area contributed by atoms with Gasteiger partial charge in [-0.1, -0.05) is 34.1 Å². The van der Waals surface area contributed by atoms with Crippen molar-refractivity contribution in [1.82, 2.24) is 0 Å². The molecule has 25 heavy (non-hydrogen) atoms. The summed E-state index contributed by atoms with van der Waals surface area (Å²) in [6.07, 6.45) is 11.3. The van der Waals surface area contributed by atoms with Crippen LogP contribution in [0.1, 0.15) is 91.9 Å². The van der Waals surface area contributed by atoms with E-state index in [1.54, 1.807) is 0 Å². The number of aliphatic hydroxyl groups is 1. The fourth-order valence-electron chi connectivity index (χ4n) is 8.34. The van der Waals surface area contributed by atoms with Crippen LogP contribution in [0.3, 0.4) is 0 Å². The summed E-state index contributed by atoms with van der Waals surface area (Å²) in [6, 6.07) is 0. The molecule has 0 aromatic carbocycles. The third kappa shape index (κ3) is 2.35. The summed E-state index contributed by atoms with van der Waals surface area (Å²) >= 11 is 0. The van der Waals surface area contributed by atoms with Gasteiger partial charge in [-0.05, 0) is 85.9 Å². The fraction of sp³-hybridized carbons (Fsp3) is 0.957. The molecule has 0 amide bonds. The van der Waals surface area contributed by atoms with Crippen LogP contribution < -0.4 is 0 Å². The molecule has 2 nitrogen and oxygen atoms in total. The Labute approximate surface area is 154 Å². The van der Waals surface area contributed by atoms with E-state index < -0.39 is 5.60 Å². The number of hydrogen-bond donors (Lipinski definition) is 1. The maximum Gasteiger partial charge on any atom is 0.136 e. The lowest BCUT2D eigenvalue weighted by molar-refractivity contribution is -0.162. The predicted octanol–water partition coefficient (Wildman–Crippen LogP) is 5.38. The molecule has 0 aromatic rings. The van der Waals surface area contributed by atoms with Gasteiger partial charge >= 0.3 is 0 Å². The van der Waals surface area contributed by atoms with Crippen molar-refractivity contribution >= 4 is 5.78 Å². The summed E-state index contributed by atoms with van der Waals surface area (Å²) in [5, 5.41) is 11.5. The lowest BCUT2D eigenvalue weighted by Gasteiger charge is -2.61. The first-order valence-electron chi connectivity index (χ1n) is 11.0. The minimum Gasteiger partial charge on any atom is -0.389 e. The Morgan fingerprint density at radius 1 is 1.08 bits per heavy atom. The van der Waals surface area contributed by atoms with Gasteiger partial charge in [-0.25, -0.2) is 0 Å². The number of Topliss-reactive ketones (excluding diaryl/α,β-unsaturated/α-hetero) is 1. The molecular weight excluding hydrogens is 308 g/mol. The summed E-state index contributed by atoms with van der Waals surface area (Å²) in [5.41, 5.74) is 0.0669. The van der Waals surface area contributed by atoms with Gasteiger partial charge < -0.3 is 5.11 Å². The molecule has 4 aliphatic carbocycles. The molecule has 4 fully saturated rings. The first kappa shape index (κ1) is 18.0. The van der Waals surface area contributed by atoms with Crippen LogP contribution in [0, 0.1) is 40.4 Å². The fourth-order valence-corrected chi connectivity index (χ4v) is 8.34. The normalized spacial score (nSPS) is 55.4. The summed E-state index contributed by atoms with van der Waals surface area (Å²) in [5.74, 6) is 3.66.